The lowest BCUT2D eigenvalue weighted by molar-refractivity contribution is 0.0230. The Hall–Kier alpha value is -3.58. The highest BCUT2D eigenvalue weighted by atomic mass is 19.2. The van der Waals surface area contributed by atoms with E-state index in [2.05, 4.69) is 13.5 Å². The average Bonchev–Trinajstić information content (AvgIpc) is 2.98. The Kier molecular flexibility index (Phi) is 11.0. The first-order valence-electron chi connectivity index (χ1n) is 14.4. The number of benzene rings is 3. The molecule has 4 nitrogen and oxygen atoms in total. The van der Waals surface area contributed by atoms with Crippen LogP contribution in [-0.2, 0) is 4.74 Å². The number of carbonyl (C=O) groups excluding carboxylic acids is 1. The lowest BCUT2D eigenvalue weighted by Crippen LogP contribution is -2.22. The summed E-state index contributed by atoms with van der Waals surface area (Å²) in [6, 6.07) is 13.2. The first-order valence-corrected chi connectivity index (χ1v) is 14.4. The van der Waals surface area contributed by atoms with E-state index in [4.69, 9.17) is 14.2 Å². The molecular formula is C34H37F3O4. The number of hydrogen-bond acceptors (Lipinski definition) is 4. The second kappa shape index (κ2) is 14.9. The van der Waals surface area contributed by atoms with Crippen molar-refractivity contribution >= 4 is 5.97 Å². The quantitative estimate of drug-likeness (QED) is 0.0896. The van der Waals surface area contributed by atoms with Crippen molar-refractivity contribution in [1.29, 1.82) is 0 Å². The number of halogens is 3. The SMILES string of the molecule is C=CCCCOc1ccc(C(=O)Oc2ccc(-c3ccc(C4CCC(OCCCC)CC4)c(F)c3F)cc2)cc1F. The van der Waals surface area contributed by atoms with E-state index in [0.29, 0.717) is 24.2 Å². The zero-order chi connectivity index (χ0) is 29.2. The van der Waals surface area contributed by atoms with E-state index < -0.39 is 23.4 Å². The van der Waals surface area contributed by atoms with Crippen LogP contribution in [0.5, 0.6) is 11.5 Å². The van der Waals surface area contributed by atoms with Crippen LogP contribution >= 0.6 is 0 Å². The Morgan fingerprint density at radius 1 is 0.927 bits per heavy atom. The molecule has 0 amide bonds. The molecule has 0 atom stereocenters. The van der Waals surface area contributed by atoms with E-state index in [1.54, 1.807) is 30.3 Å². The van der Waals surface area contributed by atoms with E-state index in [9.17, 15) is 9.18 Å². The average molecular weight is 567 g/mol. The van der Waals surface area contributed by atoms with Gasteiger partial charge in [0.25, 0.3) is 0 Å². The van der Waals surface area contributed by atoms with Gasteiger partial charge in [0.05, 0.1) is 18.3 Å². The lowest BCUT2D eigenvalue weighted by Gasteiger charge is -2.29. The van der Waals surface area contributed by atoms with E-state index in [-0.39, 0.29) is 34.6 Å². The minimum Gasteiger partial charge on any atom is -0.491 e. The van der Waals surface area contributed by atoms with Crippen LogP contribution in [0.2, 0.25) is 0 Å². The van der Waals surface area contributed by atoms with Gasteiger partial charge < -0.3 is 14.2 Å². The third-order valence-corrected chi connectivity index (χ3v) is 7.43. The van der Waals surface area contributed by atoms with Crippen molar-refractivity contribution < 1.29 is 32.2 Å². The molecule has 0 bridgehead atoms. The normalized spacial score (nSPS) is 16.8. The standard InChI is InChI=1S/C34H37F3O4/c1-3-5-7-21-40-31-19-12-25(22-30(31)35)34(38)41-27-15-10-24(11-16-27)29-18-17-28(32(36)33(29)37)23-8-13-26(14-9-23)39-20-6-4-2/h3,10-12,15-19,22-23,26H,1,4-9,13-14,20-21H2,2H3. The summed E-state index contributed by atoms with van der Waals surface area (Å²) in [5, 5.41) is 0. The van der Waals surface area contributed by atoms with Gasteiger partial charge in [0, 0.05) is 12.2 Å². The minimum atomic E-state index is -0.893. The van der Waals surface area contributed by atoms with Crippen LogP contribution in [0.1, 0.15) is 80.1 Å². The maximum Gasteiger partial charge on any atom is 0.343 e. The van der Waals surface area contributed by atoms with Gasteiger partial charge in [-0.2, -0.15) is 0 Å². The molecule has 3 aromatic carbocycles. The molecule has 218 valence electrons. The number of carbonyl (C=O) groups is 1. The number of unbranched alkanes of at least 4 members (excludes halogenated alkanes) is 2. The molecule has 3 aromatic rings. The third kappa shape index (κ3) is 8.00. The number of hydrogen-bond donors (Lipinski definition) is 0. The van der Waals surface area contributed by atoms with Crippen molar-refractivity contribution in [1.82, 2.24) is 0 Å². The molecule has 1 saturated carbocycles. The second-order valence-electron chi connectivity index (χ2n) is 10.4. The Morgan fingerprint density at radius 3 is 2.37 bits per heavy atom. The molecule has 0 unspecified atom stereocenters. The Bertz CT molecular complexity index is 1310. The van der Waals surface area contributed by atoms with Crippen molar-refractivity contribution in [2.75, 3.05) is 13.2 Å². The van der Waals surface area contributed by atoms with Gasteiger partial charge in [0.1, 0.15) is 5.75 Å². The fourth-order valence-electron chi connectivity index (χ4n) is 5.06. The minimum absolute atomic E-state index is 0.0234. The summed E-state index contributed by atoms with van der Waals surface area (Å²) in [4.78, 5) is 12.5. The Morgan fingerprint density at radius 2 is 1.68 bits per heavy atom. The predicted molar refractivity (Wildman–Crippen MR) is 154 cm³/mol. The monoisotopic (exact) mass is 566 g/mol. The molecule has 4 rings (SSSR count). The molecule has 0 saturated heterocycles. The fourth-order valence-corrected chi connectivity index (χ4v) is 5.06. The fraction of sp³-hybridized carbons (Fsp3) is 0.382. The largest absolute Gasteiger partial charge is 0.491 e. The summed E-state index contributed by atoms with van der Waals surface area (Å²) in [5.74, 6) is -2.91. The van der Waals surface area contributed by atoms with E-state index in [0.717, 1.165) is 57.6 Å². The maximum atomic E-state index is 15.2. The van der Waals surface area contributed by atoms with Crippen molar-refractivity contribution in [2.45, 2.75) is 70.3 Å². The summed E-state index contributed by atoms with van der Waals surface area (Å²) in [6.45, 7) is 6.84. The van der Waals surface area contributed by atoms with Crippen LogP contribution < -0.4 is 9.47 Å². The smallest absolute Gasteiger partial charge is 0.343 e. The summed E-state index contributed by atoms with van der Waals surface area (Å²) < 4.78 is 61.3. The molecule has 1 aliphatic carbocycles. The first-order chi connectivity index (χ1) is 19.9. The molecule has 1 aliphatic rings. The van der Waals surface area contributed by atoms with Crippen LogP contribution in [-0.4, -0.2) is 25.3 Å². The van der Waals surface area contributed by atoms with Crippen LogP contribution in [0.4, 0.5) is 13.2 Å². The van der Waals surface area contributed by atoms with E-state index in [1.165, 1.54) is 24.3 Å². The van der Waals surface area contributed by atoms with Gasteiger partial charge in [-0.15, -0.1) is 6.58 Å². The molecule has 41 heavy (non-hydrogen) atoms. The number of allylic oxidation sites excluding steroid dienone is 1. The number of esters is 1. The van der Waals surface area contributed by atoms with Gasteiger partial charge in [0.15, 0.2) is 23.2 Å². The molecule has 0 heterocycles. The van der Waals surface area contributed by atoms with Crippen molar-refractivity contribution in [3.63, 3.8) is 0 Å². The maximum absolute atomic E-state index is 15.2. The highest BCUT2D eigenvalue weighted by Gasteiger charge is 2.27. The molecule has 7 heteroatoms. The lowest BCUT2D eigenvalue weighted by atomic mass is 9.82. The summed E-state index contributed by atoms with van der Waals surface area (Å²) in [7, 11) is 0. The Balaban J connectivity index is 1.36. The van der Waals surface area contributed by atoms with Crippen molar-refractivity contribution in [3.05, 3.63) is 95.8 Å². The second-order valence-corrected chi connectivity index (χ2v) is 10.4. The van der Waals surface area contributed by atoms with Crippen molar-refractivity contribution in [2.24, 2.45) is 0 Å². The molecular weight excluding hydrogens is 529 g/mol. The Labute approximate surface area is 240 Å². The van der Waals surface area contributed by atoms with E-state index >= 15 is 8.78 Å². The van der Waals surface area contributed by atoms with Gasteiger partial charge in [-0.05, 0) is 92.3 Å². The topological polar surface area (TPSA) is 44.8 Å². The summed E-state index contributed by atoms with van der Waals surface area (Å²) in [6.07, 6.45) is 8.76. The van der Waals surface area contributed by atoms with Gasteiger partial charge >= 0.3 is 5.97 Å². The van der Waals surface area contributed by atoms with Crippen LogP contribution in [0.15, 0.2) is 67.3 Å². The van der Waals surface area contributed by atoms with Crippen molar-refractivity contribution in [3.8, 4) is 22.6 Å². The van der Waals surface area contributed by atoms with Gasteiger partial charge in [-0.25, -0.2) is 18.0 Å². The highest BCUT2D eigenvalue weighted by Crippen LogP contribution is 2.38. The third-order valence-electron chi connectivity index (χ3n) is 7.43. The molecule has 0 spiro atoms. The van der Waals surface area contributed by atoms with Gasteiger partial charge in [-0.3, -0.25) is 0 Å². The molecule has 0 radical (unpaired) electrons. The van der Waals surface area contributed by atoms with Gasteiger partial charge in [-0.1, -0.05) is 43.7 Å². The molecule has 1 fully saturated rings. The van der Waals surface area contributed by atoms with Crippen LogP contribution in [0, 0.1) is 17.5 Å². The first kappa shape index (κ1) is 30.4. The van der Waals surface area contributed by atoms with Crippen LogP contribution in [0.25, 0.3) is 11.1 Å². The number of rotatable bonds is 13. The zero-order valence-electron chi connectivity index (χ0n) is 23.5. The number of ether oxygens (including phenoxy) is 3. The predicted octanol–water partition coefficient (Wildman–Crippen LogP) is 9.18. The van der Waals surface area contributed by atoms with E-state index in [1.807, 2.05) is 0 Å². The summed E-state index contributed by atoms with van der Waals surface area (Å²) in [5.41, 5.74) is 1.01. The van der Waals surface area contributed by atoms with Gasteiger partial charge in [0.2, 0.25) is 0 Å². The highest BCUT2D eigenvalue weighted by molar-refractivity contribution is 5.91. The van der Waals surface area contributed by atoms with Crippen LogP contribution in [0.3, 0.4) is 0 Å². The summed E-state index contributed by atoms with van der Waals surface area (Å²) >= 11 is 0. The molecule has 0 aromatic heterocycles. The molecule has 0 aliphatic heterocycles. The zero-order valence-corrected chi connectivity index (χ0v) is 23.5. The molecule has 0 N–H and O–H groups in total.